The Morgan fingerprint density at radius 1 is 0.958 bits per heavy atom. The molecule has 0 atom stereocenters. The summed E-state index contributed by atoms with van der Waals surface area (Å²) in [6, 6.07) is 8.48. The number of aryl methyl sites for hydroxylation is 5. The molecular weight excluding hydrogens is 316 g/mol. The van der Waals surface area contributed by atoms with Gasteiger partial charge in [0.15, 0.2) is 5.13 Å². The van der Waals surface area contributed by atoms with E-state index in [-0.39, 0.29) is 5.91 Å². The zero-order valence-electron chi connectivity index (χ0n) is 14.8. The number of hydrogen-bond acceptors (Lipinski definition) is 3. The first-order valence-electron chi connectivity index (χ1n) is 8.08. The fourth-order valence-corrected chi connectivity index (χ4v) is 4.30. The van der Waals surface area contributed by atoms with Crippen molar-refractivity contribution in [1.29, 1.82) is 0 Å². The van der Waals surface area contributed by atoms with Gasteiger partial charge in [0.25, 0.3) is 0 Å². The molecule has 0 saturated heterocycles. The fourth-order valence-electron chi connectivity index (χ4n) is 3.24. The van der Waals surface area contributed by atoms with Crippen LogP contribution < -0.4 is 5.32 Å². The lowest BCUT2D eigenvalue weighted by Crippen LogP contribution is -2.15. The van der Waals surface area contributed by atoms with Crippen LogP contribution in [0.15, 0.2) is 24.3 Å². The van der Waals surface area contributed by atoms with E-state index in [9.17, 15) is 4.79 Å². The van der Waals surface area contributed by atoms with Crippen LogP contribution in [0.4, 0.5) is 5.13 Å². The van der Waals surface area contributed by atoms with Crippen molar-refractivity contribution in [2.24, 2.45) is 0 Å². The van der Waals surface area contributed by atoms with Crippen molar-refractivity contribution in [2.45, 2.75) is 41.0 Å². The molecule has 0 aliphatic heterocycles. The summed E-state index contributed by atoms with van der Waals surface area (Å²) in [4.78, 5) is 17.0. The van der Waals surface area contributed by atoms with Crippen molar-refractivity contribution in [3.8, 4) is 0 Å². The molecule has 0 aliphatic rings. The maximum atomic E-state index is 12.5. The molecule has 124 valence electrons. The van der Waals surface area contributed by atoms with Gasteiger partial charge < -0.3 is 5.32 Å². The van der Waals surface area contributed by atoms with E-state index in [1.165, 1.54) is 33.6 Å². The summed E-state index contributed by atoms with van der Waals surface area (Å²) in [6.45, 7) is 10.3. The van der Waals surface area contributed by atoms with Gasteiger partial charge in [-0.1, -0.05) is 35.1 Å². The Morgan fingerprint density at radius 3 is 2.21 bits per heavy atom. The quantitative estimate of drug-likeness (QED) is 0.728. The maximum Gasteiger partial charge on any atom is 0.230 e. The van der Waals surface area contributed by atoms with E-state index in [1.807, 2.05) is 0 Å². The van der Waals surface area contributed by atoms with Gasteiger partial charge >= 0.3 is 0 Å². The first kappa shape index (κ1) is 16.7. The standard InChI is InChI=1S/C20H22N2OS/c1-11-6-13(3)16(14(4)7-11)10-18(23)21-20-22-19-15(5)8-12(2)9-17(19)24-20/h6-9H,10H2,1-5H3,(H,21,22,23). The van der Waals surface area contributed by atoms with Crippen molar-refractivity contribution < 1.29 is 4.79 Å². The van der Waals surface area contributed by atoms with Crippen molar-refractivity contribution in [1.82, 2.24) is 4.98 Å². The first-order valence-corrected chi connectivity index (χ1v) is 8.89. The van der Waals surface area contributed by atoms with Crippen molar-refractivity contribution in [3.05, 3.63) is 57.6 Å². The van der Waals surface area contributed by atoms with Crippen LogP contribution in [0.3, 0.4) is 0 Å². The lowest BCUT2D eigenvalue weighted by Gasteiger charge is -2.10. The van der Waals surface area contributed by atoms with E-state index in [0.29, 0.717) is 11.6 Å². The fraction of sp³-hybridized carbons (Fsp3) is 0.300. The van der Waals surface area contributed by atoms with Crippen molar-refractivity contribution in [2.75, 3.05) is 5.32 Å². The molecule has 1 amide bonds. The molecule has 0 bridgehead atoms. The molecule has 1 aromatic heterocycles. The van der Waals surface area contributed by atoms with Crippen LogP contribution in [0.5, 0.6) is 0 Å². The minimum Gasteiger partial charge on any atom is -0.302 e. The minimum absolute atomic E-state index is 0.0153. The number of carbonyl (C=O) groups is 1. The molecule has 4 heteroatoms. The first-order chi connectivity index (χ1) is 11.3. The number of anilines is 1. The highest BCUT2D eigenvalue weighted by Gasteiger charge is 2.13. The third kappa shape index (κ3) is 3.34. The molecule has 1 heterocycles. The molecule has 0 aliphatic carbocycles. The number of fused-ring (bicyclic) bond motifs is 1. The van der Waals surface area contributed by atoms with Gasteiger partial charge in [-0.15, -0.1) is 0 Å². The normalized spacial score (nSPS) is 11.0. The van der Waals surface area contributed by atoms with Gasteiger partial charge in [-0.25, -0.2) is 4.98 Å². The van der Waals surface area contributed by atoms with Crippen LogP contribution >= 0.6 is 11.3 Å². The lowest BCUT2D eigenvalue weighted by atomic mass is 9.97. The Kier molecular flexibility index (Phi) is 4.41. The van der Waals surface area contributed by atoms with Gasteiger partial charge in [0.05, 0.1) is 16.6 Å². The Labute approximate surface area is 146 Å². The number of amides is 1. The lowest BCUT2D eigenvalue weighted by molar-refractivity contribution is -0.115. The number of rotatable bonds is 3. The number of aromatic nitrogens is 1. The molecule has 3 aromatic rings. The van der Waals surface area contributed by atoms with Crippen LogP contribution in [0.2, 0.25) is 0 Å². The highest BCUT2D eigenvalue weighted by molar-refractivity contribution is 7.22. The number of thiazole rings is 1. The number of nitrogens with one attached hydrogen (secondary N) is 1. The van der Waals surface area contributed by atoms with E-state index in [0.717, 1.165) is 21.3 Å². The van der Waals surface area contributed by atoms with Gasteiger partial charge in [-0.2, -0.15) is 0 Å². The van der Waals surface area contributed by atoms with Crippen LogP contribution in [-0.4, -0.2) is 10.9 Å². The second-order valence-electron chi connectivity index (χ2n) is 6.55. The average Bonchev–Trinajstić information content (AvgIpc) is 2.85. The maximum absolute atomic E-state index is 12.5. The van der Waals surface area contributed by atoms with Gasteiger partial charge in [0, 0.05) is 0 Å². The van der Waals surface area contributed by atoms with Crippen LogP contribution in [0, 0.1) is 34.6 Å². The molecule has 0 radical (unpaired) electrons. The predicted molar refractivity (Wildman–Crippen MR) is 102 cm³/mol. The summed E-state index contributed by atoms with van der Waals surface area (Å²) < 4.78 is 1.12. The van der Waals surface area contributed by atoms with E-state index < -0.39 is 0 Å². The van der Waals surface area contributed by atoms with Crippen LogP contribution in [-0.2, 0) is 11.2 Å². The Balaban J connectivity index is 1.82. The number of benzene rings is 2. The van der Waals surface area contributed by atoms with Crippen molar-refractivity contribution in [3.63, 3.8) is 0 Å². The third-order valence-corrected chi connectivity index (χ3v) is 5.17. The topological polar surface area (TPSA) is 42.0 Å². The van der Waals surface area contributed by atoms with E-state index in [2.05, 4.69) is 69.2 Å². The zero-order chi connectivity index (χ0) is 17.4. The second-order valence-corrected chi connectivity index (χ2v) is 7.58. The molecule has 0 spiro atoms. The van der Waals surface area contributed by atoms with Crippen LogP contribution in [0.1, 0.15) is 33.4 Å². The highest BCUT2D eigenvalue weighted by Crippen LogP contribution is 2.29. The predicted octanol–water partition coefficient (Wildman–Crippen LogP) is 5.02. The van der Waals surface area contributed by atoms with E-state index >= 15 is 0 Å². The Hall–Kier alpha value is -2.20. The number of carbonyl (C=O) groups excluding carboxylic acids is 1. The Bertz CT molecular complexity index is 917. The van der Waals surface area contributed by atoms with Gasteiger partial charge in [0.1, 0.15) is 0 Å². The van der Waals surface area contributed by atoms with E-state index in [4.69, 9.17) is 0 Å². The average molecular weight is 338 g/mol. The molecule has 0 unspecified atom stereocenters. The summed E-state index contributed by atoms with van der Waals surface area (Å²) in [6.07, 6.45) is 0.381. The van der Waals surface area contributed by atoms with E-state index in [1.54, 1.807) is 0 Å². The van der Waals surface area contributed by atoms with Crippen molar-refractivity contribution >= 4 is 32.6 Å². The number of nitrogens with zero attached hydrogens (tertiary/aromatic N) is 1. The molecule has 1 N–H and O–H groups in total. The molecule has 3 nitrogen and oxygen atoms in total. The van der Waals surface area contributed by atoms with Gasteiger partial charge in [-0.3, -0.25) is 4.79 Å². The molecule has 3 rings (SSSR count). The van der Waals surface area contributed by atoms with Crippen LogP contribution in [0.25, 0.3) is 10.2 Å². The third-order valence-electron chi connectivity index (χ3n) is 4.25. The summed E-state index contributed by atoms with van der Waals surface area (Å²) in [5, 5.41) is 3.64. The number of hydrogen-bond donors (Lipinski definition) is 1. The molecule has 0 saturated carbocycles. The molecule has 24 heavy (non-hydrogen) atoms. The molecular formula is C20H22N2OS. The largest absolute Gasteiger partial charge is 0.302 e. The summed E-state index contributed by atoms with van der Waals surface area (Å²) in [7, 11) is 0. The minimum atomic E-state index is -0.0153. The Morgan fingerprint density at radius 2 is 1.54 bits per heavy atom. The van der Waals surface area contributed by atoms with Gasteiger partial charge in [0.2, 0.25) is 5.91 Å². The summed E-state index contributed by atoms with van der Waals surface area (Å²) >= 11 is 1.53. The van der Waals surface area contributed by atoms with Gasteiger partial charge in [-0.05, 0) is 68.5 Å². The molecule has 0 fully saturated rings. The smallest absolute Gasteiger partial charge is 0.230 e. The SMILES string of the molecule is Cc1cc(C)c(CC(=O)Nc2nc3c(C)cc(C)cc3s2)c(C)c1. The monoisotopic (exact) mass is 338 g/mol. The summed E-state index contributed by atoms with van der Waals surface area (Å²) in [5.74, 6) is -0.0153. The molecule has 2 aromatic carbocycles. The highest BCUT2D eigenvalue weighted by atomic mass is 32.1. The zero-order valence-corrected chi connectivity index (χ0v) is 15.6. The second kappa shape index (κ2) is 6.36. The summed E-state index contributed by atoms with van der Waals surface area (Å²) in [5.41, 5.74) is 8.00.